The third kappa shape index (κ3) is 3.37. The highest BCUT2D eigenvalue weighted by atomic mass is 32.2. The van der Waals surface area contributed by atoms with Crippen LogP contribution in [0, 0.1) is 24.2 Å². The van der Waals surface area contributed by atoms with Crippen LogP contribution in [-0.4, -0.2) is 41.2 Å². The number of methoxy groups -OCH3 is 1. The Balaban J connectivity index is 1.62. The van der Waals surface area contributed by atoms with Gasteiger partial charge in [0.25, 0.3) is 0 Å². The number of benzene rings is 1. The molecule has 2 N–H and O–H groups in total. The number of rotatable bonds is 5. The van der Waals surface area contributed by atoms with Crippen molar-refractivity contribution in [2.24, 2.45) is 11.8 Å². The van der Waals surface area contributed by atoms with Crippen molar-refractivity contribution >= 4 is 10.0 Å². The van der Waals surface area contributed by atoms with Gasteiger partial charge in [-0.25, -0.2) is 13.1 Å². The predicted molar refractivity (Wildman–Crippen MR) is 87.7 cm³/mol. The average molecular weight is 335 g/mol. The predicted octanol–water partition coefficient (Wildman–Crippen LogP) is -0.1000. The van der Waals surface area contributed by atoms with E-state index in [0.29, 0.717) is 30.2 Å². The number of hydrogen-bond acceptors (Lipinski definition) is 3. The van der Waals surface area contributed by atoms with E-state index >= 15 is 0 Å². The summed E-state index contributed by atoms with van der Waals surface area (Å²) in [4.78, 5) is 1.71. The van der Waals surface area contributed by atoms with Gasteiger partial charge in [0, 0.05) is 12.8 Å². The maximum absolute atomic E-state index is 12.4. The zero-order valence-electron chi connectivity index (χ0n) is 13.3. The van der Waals surface area contributed by atoms with E-state index < -0.39 is 10.0 Å². The van der Waals surface area contributed by atoms with Gasteiger partial charge in [-0.2, -0.15) is 0 Å². The molecule has 0 radical (unpaired) electrons. The summed E-state index contributed by atoms with van der Waals surface area (Å²) in [6.07, 6.45) is 7.76. The van der Waals surface area contributed by atoms with Crippen LogP contribution in [0.2, 0.25) is 0 Å². The minimum absolute atomic E-state index is 0.269. The fourth-order valence-corrected chi connectivity index (χ4v) is 4.86. The summed E-state index contributed by atoms with van der Waals surface area (Å²) >= 11 is 0. The van der Waals surface area contributed by atoms with Crippen molar-refractivity contribution in [1.82, 2.24) is 4.72 Å². The molecule has 124 valence electrons. The molecule has 23 heavy (non-hydrogen) atoms. The van der Waals surface area contributed by atoms with E-state index in [1.807, 2.05) is 0 Å². The van der Waals surface area contributed by atoms with Crippen LogP contribution in [0.25, 0.3) is 0 Å². The molecule has 3 aliphatic heterocycles. The number of ether oxygens (including phenoxy) is 1. The molecule has 6 heteroatoms. The fourth-order valence-electron chi connectivity index (χ4n) is 3.78. The Kier molecular flexibility index (Phi) is 4.62. The summed E-state index contributed by atoms with van der Waals surface area (Å²) < 4.78 is 32.6. The smallest absolute Gasteiger partial charge is 0.240 e. The van der Waals surface area contributed by atoms with Gasteiger partial charge in [-0.1, -0.05) is 5.92 Å². The average Bonchev–Trinajstić information content (AvgIpc) is 2.60. The van der Waals surface area contributed by atoms with Crippen LogP contribution in [-0.2, 0) is 10.0 Å². The van der Waals surface area contributed by atoms with Crippen LogP contribution in [0.15, 0.2) is 29.2 Å². The SMILES string of the molecule is C#C[C@H]1C[NH+]2CC[C@H]1C[C@@H]2CNS(=O)(=O)c1ccc(OC)cc1. The molecule has 1 aromatic carbocycles. The number of piperidine rings is 3. The van der Waals surface area contributed by atoms with E-state index in [0.717, 1.165) is 25.9 Å². The monoisotopic (exact) mass is 335 g/mol. The summed E-state index contributed by atoms with van der Waals surface area (Å²) in [6.45, 7) is 2.53. The molecule has 0 aromatic heterocycles. The first-order valence-electron chi connectivity index (χ1n) is 7.98. The Morgan fingerprint density at radius 1 is 1.39 bits per heavy atom. The normalized spacial score (nSPS) is 29.9. The van der Waals surface area contributed by atoms with Crippen LogP contribution in [0.4, 0.5) is 0 Å². The molecule has 0 amide bonds. The lowest BCUT2D eigenvalue weighted by molar-refractivity contribution is -0.943. The number of terminal acetylenes is 1. The lowest BCUT2D eigenvalue weighted by Crippen LogP contribution is -3.20. The first-order valence-corrected chi connectivity index (χ1v) is 9.46. The Hall–Kier alpha value is -1.55. The van der Waals surface area contributed by atoms with E-state index in [9.17, 15) is 8.42 Å². The van der Waals surface area contributed by atoms with Crippen molar-refractivity contribution < 1.29 is 18.1 Å². The molecule has 1 aromatic rings. The number of sulfonamides is 1. The fraction of sp³-hybridized carbons (Fsp3) is 0.529. The van der Waals surface area contributed by atoms with Gasteiger partial charge in [-0.3, -0.25) is 0 Å². The largest absolute Gasteiger partial charge is 0.497 e. The van der Waals surface area contributed by atoms with Crippen molar-refractivity contribution in [2.45, 2.75) is 23.8 Å². The van der Waals surface area contributed by atoms with Gasteiger partial charge in [-0.15, -0.1) is 6.42 Å². The molecule has 4 rings (SSSR count). The molecule has 4 atom stereocenters. The molecular formula is C17H23N2O3S+. The van der Waals surface area contributed by atoms with Gasteiger partial charge in [0.1, 0.15) is 11.8 Å². The molecule has 5 nitrogen and oxygen atoms in total. The van der Waals surface area contributed by atoms with E-state index in [2.05, 4.69) is 10.6 Å². The van der Waals surface area contributed by atoms with E-state index in [1.54, 1.807) is 31.4 Å². The zero-order chi connectivity index (χ0) is 16.4. The number of hydrogen-bond donors (Lipinski definition) is 2. The van der Waals surface area contributed by atoms with Gasteiger partial charge in [0.2, 0.25) is 10.0 Å². The molecule has 3 aliphatic rings. The maximum Gasteiger partial charge on any atom is 0.240 e. The maximum atomic E-state index is 12.4. The first kappa shape index (κ1) is 16.3. The highest BCUT2D eigenvalue weighted by Gasteiger charge is 2.42. The van der Waals surface area contributed by atoms with Crippen molar-refractivity contribution in [3.05, 3.63) is 24.3 Å². The van der Waals surface area contributed by atoms with E-state index in [4.69, 9.17) is 11.2 Å². The van der Waals surface area contributed by atoms with Gasteiger partial charge in [0.05, 0.1) is 37.6 Å². The summed E-state index contributed by atoms with van der Waals surface area (Å²) in [5.41, 5.74) is 0. The highest BCUT2D eigenvalue weighted by molar-refractivity contribution is 7.89. The number of quaternary nitrogens is 1. The Bertz CT molecular complexity index is 694. The van der Waals surface area contributed by atoms with Gasteiger partial charge in [-0.05, 0) is 30.2 Å². The van der Waals surface area contributed by atoms with E-state index in [1.165, 1.54) is 4.90 Å². The Morgan fingerprint density at radius 3 is 2.70 bits per heavy atom. The van der Waals surface area contributed by atoms with Crippen molar-refractivity contribution in [2.75, 3.05) is 26.7 Å². The minimum Gasteiger partial charge on any atom is -0.497 e. The second kappa shape index (κ2) is 6.52. The number of nitrogens with one attached hydrogen (secondary N) is 2. The quantitative estimate of drug-likeness (QED) is 0.739. The molecule has 1 unspecified atom stereocenters. The molecule has 3 fully saturated rings. The molecule has 3 heterocycles. The van der Waals surface area contributed by atoms with Gasteiger partial charge >= 0.3 is 0 Å². The van der Waals surface area contributed by atoms with Crippen molar-refractivity contribution in [1.29, 1.82) is 0 Å². The lowest BCUT2D eigenvalue weighted by atomic mass is 9.76. The third-order valence-corrected chi connectivity index (χ3v) is 6.60. The van der Waals surface area contributed by atoms with Crippen molar-refractivity contribution in [3.8, 4) is 18.1 Å². The standard InChI is InChI=1S/C17H22N2O3S/c1-3-13-12-19-9-8-14(13)10-15(19)11-18-23(20,21)17-6-4-16(22-2)5-7-17/h1,4-7,13-15,18H,8-12H2,2H3/p+1/t13-,14-,15+/m0/s1. The molecule has 0 saturated carbocycles. The minimum atomic E-state index is -3.48. The van der Waals surface area contributed by atoms with Gasteiger partial charge in [0.15, 0.2) is 0 Å². The topological polar surface area (TPSA) is 59.8 Å². The summed E-state index contributed by atoms with van der Waals surface area (Å²) in [7, 11) is -1.92. The molecule has 0 aliphatic carbocycles. The van der Waals surface area contributed by atoms with Gasteiger partial charge < -0.3 is 9.64 Å². The zero-order valence-corrected chi connectivity index (χ0v) is 14.1. The highest BCUT2D eigenvalue weighted by Crippen LogP contribution is 2.26. The molecule has 0 spiro atoms. The van der Waals surface area contributed by atoms with Crippen LogP contribution in [0.3, 0.4) is 0 Å². The second-order valence-corrected chi connectivity index (χ2v) is 8.16. The Labute approximate surface area is 138 Å². The molecule has 2 bridgehead atoms. The summed E-state index contributed by atoms with van der Waals surface area (Å²) in [5, 5.41) is 0. The van der Waals surface area contributed by atoms with E-state index in [-0.39, 0.29) is 4.90 Å². The summed E-state index contributed by atoms with van der Waals surface area (Å²) in [6, 6.07) is 6.77. The first-order chi connectivity index (χ1) is 11.0. The van der Waals surface area contributed by atoms with Crippen LogP contribution in [0.5, 0.6) is 5.75 Å². The van der Waals surface area contributed by atoms with Crippen LogP contribution >= 0.6 is 0 Å². The lowest BCUT2D eigenvalue weighted by Gasteiger charge is -2.45. The number of fused-ring (bicyclic) bond motifs is 3. The van der Waals surface area contributed by atoms with Crippen LogP contribution < -0.4 is 14.4 Å². The molecular weight excluding hydrogens is 312 g/mol. The third-order valence-electron chi connectivity index (χ3n) is 5.16. The Morgan fingerprint density at radius 2 is 2.13 bits per heavy atom. The summed E-state index contributed by atoms with van der Waals surface area (Å²) in [5.74, 6) is 4.44. The second-order valence-electron chi connectivity index (χ2n) is 6.39. The van der Waals surface area contributed by atoms with Crippen LogP contribution in [0.1, 0.15) is 12.8 Å². The molecule has 3 saturated heterocycles. The van der Waals surface area contributed by atoms with Crippen molar-refractivity contribution in [3.63, 3.8) is 0 Å².